The van der Waals surface area contributed by atoms with Gasteiger partial charge in [-0.1, -0.05) is 15.9 Å². The topological polar surface area (TPSA) is 74.7 Å². The van der Waals surface area contributed by atoms with Crippen LogP contribution in [0.1, 0.15) is 22.3 Å². The summed E-state index contributed by atoms with van der Waals surface area (Å²) in [6.07, 6.45) is -0.187. The van der Waals surface area contributed by atoms with Crippen molar-refractivity contribution in [3.63, 3.8) is 0 Å². The highest BCUT2D eigenvalue weighted by Crippen LogP contribution is 2.34. The van der Waals surface area contributed by atoms with Crippen molar-refractivity contribution in [2.24, 2.45) is 0 Å². The first-order valence-corrected chi connectivity index (χ1v) is 6.09. The highest BCUT2D eigenvalue weighted by Gasteiger charge is 2.37. The maximum atomic E-state index is 11.8. The van der Waals surface area contributed by atoms with E-state index < -0.39 is 17.7 Å². The molecule has 1 aromatic carbocycles. The summed E-state index contributed by atoms with van der Waals surface area (Å²) in [5, 5.41) is 8.66. The van der Waals surface area contributed by atoms with Crippen molar-refractivity contribution in [1.29, 1.82) is 0 Å². The lowest BCUT2D eigenvalue weighted by atomic mass is 10.1. The molecule has 1 heterocycles. The summed E-state index contributed by atoms with van der Waals surface area (Å²) in [5.74, 6) is -2.24. The normalized spacial score (nSPS) is 14.0. The zero-order chi connectivity index (χ0) is 13.4. The molecular weight excluding hydrogens is 302 g/mol. The Morgan fingerprint density at radius 3 is 2.67 bits per heavy atom. The Morgan fingerprint density at radius 1 is 1.39 bits per heavy atom. The van der Waals surface area contributed by atoms with Crippen LogP contribution in [0.3, 0.4) is 0 Å². The number of aliphatic carboxylic acids is 1. The summed E-state index contributed by atoms with van der Waals surface area (Å²) in [6, 6.07) is 3.38. The molecule has 0 saturated carbocycles. The van der Waals surface area contributed by atoms with E-state index in [1.807, 2.05) is 0 Å². The molecule has 0 bridgehead atoms. The van der Waals surface area contributed by atoms with Crippen LogP contribution in [0.4, 0.5) is 5.69 Å². The van der Waals surface area contributed by atoms with E-state index in [1.54, 1.807) is 19.1 Å². The zero-order valence-electron chi connectivity index (χ0n) is 9.57. The number of halogens is 1. The third kappa shape index (κ3) is 2.03. The number of carboxylic acids is 1. The molecule has 0 aliphatic carbocycles. The molecule has 1 aromatic rings. The van der Waals surface area contributed by atoms with Gasteiger partial charge in [-0.25, -0.2) is 0 Å². The molecule has 1 aliphatic heterocycles. The molecule has 2 rings (SSSR count). The van der Waals surface area contributed by atoms with Crippen LogP contribution in [0.25, 0.3) is 0 Å². The molecule has 94 valence electrons. The largest absolute Gasteiger partial charge is 0.481 e. The van der Waals surface area contributed by atoms with E-state index in [0.29, 0.717) is 11.3 Å². The van der Waals surface area contributed by atoms with E-state index in [-0.39, 0.29) is 13.0 Å². The predicted octanol–water partition coefficient (Wildman–Crippen LogP) is 1.76. The van der Waals surface area contributed by atoms with Gasteiger partial charge in [0.2, 0.25) is 0 Å². The van der Waals surface area contributed by atoms with Crippen molar-refractivity contribution < 1.29 is 19.5 Å². The number of ketones is 1. The van der Waals surface area contributed by atoms with Gasteiger partial charge >= 0.3 is 5.97 Å². The van der Waals surface area contributed by atoms with Crippen LogP contribution in [0.5, 0.6) is 0 Å². The molecule has 1 amide bonds. The van der Waals surface area contributed by atoms with Gasteiger partial charge in [-0.05, 0) is 24.6 Å². The fraction of sp³-hybridized carbons (Fsp3) is 0.250. The zero-order valence-corrected chi connectivity index (χ0v) is 11.2. The van der Waals surface area contributed by atoms with Gasteiger partial charge in [0.05, 0.1) is 17.7 Å². The maximum Gasteiger partial charge on any atom is 0.305 e. The van der Waals surface area contributed by atoms with Gasteiger partial charge < -0.3 is 10.0 Å². The number of anilines is 1. The molecule has 0 saturated heterocycles. The SMILES string of the molecule is Cc1cc(Br)cc2c1N(CCC(=O)O)C(=O)C2=O. The summed E-state index contributed by atoms with van der Waals surface area (Å²) in [4.78, 5) is 35.4. The van der Waals surface area contributed by atoms with Crippen LogP contribution >= 0.6 is 15.9 Å². The van der Waals surface area contributed by atoms with E-state index >= 15 is 0 Å². The van der Waals surface area contributed by atoms with Gasteiger partial charge in [0.25, 0.3) is 11.7 Å². The molecule has 0 spiro atoms. The van der Waals surface area contributed by atoms with Gasteiger partial charge in [0.1, 0.15) is 0 Å². The molecule has 6 heteroatoms. The molecule has 0 fully saturated rings. The maximum absolute atomic E-state index is 11.8. The average molecular weight is 312 g/mol. The number of benzene rings is 1. The second-order valence-electron chi connectivity index (χ2n) is 4.05. The highest BCUT2D eigenvalue weighted by molar-refractivity contribution is 9.10. The van der Waals surface area contributed by atoms with Crippen LogP contribution in [0.2, 0.25) is 0 Å². The Bertz CT molecular complexity index is 567. The molecule has 0 aromatic heterocycles. The van der Waals surface area contributed by atoms with Crippen molar-refractivity contribution in [2.45, 2.75) is 13.3 Å². The Labute approximate surface area is 112 Å². The lowest BCUT2D eigenvalue weighted by Gasteiger charge is -2.17. The number of nitrogens with zero attached hydrogens (tertiary/aromatic N) is 1. The van der Waals surface area contributed by atoms with Gasteiger partial charge in [0, 0.05) is 11.0 Å². The van der Waals surface area contributed by atoms with Crippen molar-refractivity contribution in [3.05, 3.63) is 27.7 Å². The Kier molecular flexibility index (Phi) is 3.21. The number of carboxylic acid groups (broad SMARTS) is 1. The molecule has 1 N–H and O–H groups in total. The standard InChI is InChI=1S/C12H10BrNO4/c1-6-4-7(13)5-8-10(6)14(3-2-9(15)16)12(18)11(8)17/h4-5H,2-3H2,1H3,(H,15,16). The third-order valence-corrected chi connectivity index (χ3v) is 3.23. The monoisotopic (exact) mass is 311 g/mol. The quantitative estimate of drug-likeness (QED) is 0.863. The Morgan fingerprint density at radius 2 is 2.06 bits per heavy atom. The highest BCUT2D eigenvalue weighted by atomic mass is 79.9. The number of hydrogen-bond acceptors (Lipinski definition) is 3. The molecular formula is C12H10BrNO4. The lowest BCUT2D eigenvalue weighted by molar-refractivity contribution is -0.136. The molecule has 0 unspecified atom stereocenters. The van der Waals surface area contributed by atoms with Crippen LogP contribution in [0, 0.1) is 6.92 Å². The van der Waals surface area contributed by atoms with E-state index in [4.69, 9.17) is 5.11 Å². The van der Waals surface area contributed by atoms with Crippen LogP contribution in [-0.2, 0) is 9.59 Å². The van der Waals surface area contributed by atoms with Gasteiger partial charge in [-0.15, -0.1) is 0 Å². The number of fused-ring (bicyclic) bond motifs is 1. The number of hydrogen-bond donors (Lipinski definition) is 1. The van der Waals surface area contributed by atoms with E-state index in [1.165, 1.54) is 4.90 Å². The summed E-state index contributed by atoms with van der Waals surface area (Å²) < 4.78 is 0.722. The van der Waals surface area contributed by atoms with Gasteiger partial charge in [-0.3, -0.25) is 14.4 Å². The fourth-order valence-electron chi connectivity index (χ4n) is 2.03. The van der Waals surface area contributed by atoms with Crippen molar-refractivity contribution in [1.82, 2.24) is 0 Å². The first-order chi connectivity index (χ1) is 8.41. The fourth-order valence-corrected chi connectivity index (χ4v) is 2.60. The van der Waals surface area contributed by atoms with E-state index in [2.05, 4.69) is 15.9 Å². The first kappa shape index (κ1) is 12.8. The molecule has 0 atom stereocenters. The van der Waals surface area contributed by atoms with Crippen molar-refractivity contribution in [3.8, 4) is 0 Å². The second kappa shape index (κ2) is 4.53. The second-order valence-corrected chi connectivity index (χ2v) is 4.96. The number of carbonyl (C=O) groups is 3. The van der Waals surface area contributed by atoms with Gasteiger partial charge in [-0.2, -0.15) is 0 Å². The van der Waals surface area contributed by atoms with E-state index in [0.717, 1.165) is 10.0 Å². The average Bonchev–Trinajstić information content (AvgIpc) is 2.51. The minimum Gasteiger partial charge on any atom is -0.481 e. The summed E-state index contributed by atoms with van der Waals surface area (Å²) in [5.41, 5.74) is 1.62. The minimum atomic E-state index is -1.00. The number of rotatable bonds is 3. The van der Waals surface area contributed by atoms with Gasteiger partial charge in [0.15, 0.2) is 0 Å². The number of Topliss-reactive ketones (excluding diaryl/α,β-unsaturated/α-hetero) is 1. The summed E-state index contributed by atoms with van der Waals surface area (Å²) in [6.45, 7) is 1.79. The Hall–Kier alpha value is -1.69. The predicted molar refractivity (Wildman–Crippen MR) is 67.8 cm³/mol. The number of carbonyl (C=O) groups excluding carboxylic acids is 2. The summed E-state index contributed by atoms with van der Waals surface area (Å²) >= 11 is 3.27. The minimum absolute atomic E-state index is 0.00930. The van der Waals surface area contributed by atoms with Crippen LogP contribution in [0.15, 0.2) is 16.6 Å². The molecule has 18 heavy (non-hydrogen) atoms. The third-order valence-electron chi connectivity index (χ3n) is 2.77. The molecule has 1 aliphatic rings. The summed E-state index contributed by atoms with van der Waals surface area (Å²) in [7, 11) is 0. The van der Waals surface area contributed by atoms with Crippen molar-refractivity contribution in [2.75, 3.05) is 11.4 Å². The molecule has 5 nitrogen and oxygen atoms in total. The van der Waals surface area contributed by atoms with Crippen LogP contribution < -0.4 is 4.90 Å². The van der Waals surface area contributed by atoms with Crippen molar-refractivity contribution >= 4 is 39.3 Å². The number of amides is 1. The first-order valence-electron chi connectivity index (χ1n) is 5.30. The molecule has 0 radical (unpaired) electrons. The smallest absolute Gasteiger partial charge is 0.305 e. The van der Waals surface area contributed by atoms with E-state index in [9.17, 15) is 14.4 Å². The lowest BCUT2D eigenvalue weighted by Crippen LogP contribution is -2.32. The number of aryl methyl sites for hydroxylation is 1. The van der Waals surface area contributed by atoms with Crippen LogP contribution in [-0.4, -0.2) is 29.3 Å². The Balaban J connectivity index is 2.45.